The Bertz CT molecular complexity index is 1510. The van der Waals surface area contributed by atoms with Crippen LogP contribution in [0.25, 0.3) is 11.3 Å². The highest BCUT2D eigenvalue weighted by molar-refractivity contribution is 5.98. The minimum Gasteiger partial charge on any atom is -0.465 e. The average Bonchev–Trinajstić information content (AvgIpc) is 3.46. The van der Waals surface area contributed by atoms with E-state index in [-0.39, 0.29) is 18.0 Å². The van der Waals surface area contributed by atoms with E-state index in [1.165, 1.54) is 11.1 Å². The number of benzene rings is 3. The molecule has 2 aliphatic rings. The molecule has 222 valence electrons. The van der Waals surface area contributed by atoms with Crippen molar-refractivity contribution in [3.63, 3.8) is 0 Å². The zero-order valence-electron chi connectivity index (χ0n) is 24.5. The summed E-state index contributed by atoms with van der Waals surface area (Å²) in [7, 11) is 0. The molecule has 2 aliphatic heterocycles. The molecule has 2 fully saturated rings. The Morgan fingerprint density at radius 1 is 0.767 bits per heavy atom. The second kappa shape index (κ2) is 13.3. The van der Waals surface area contributed by atoms with Gasteiger partial charge < -0.3 is 19.5 Å². The van der Waals surface area contributed by atoms with E-state index in [1.54, 1.807) is 11.2 Å². The maximum Gasteiger partial charge on any atom is 0.407 e. The van der Waals surface area contributed by atoms with E-state index in [0.717, 1.165) is 56.6 Å². The molecule has 8 heteroatoms. The Kier molecular flexibility index (Phi) is 8.84. The summed E-state index contributed by atoms with van der Waals surface area (Å²) in [4.78, 5) is 37.2. The van der Waals surface area contributed by atoms with E-state index in [2.05, 4.69) is 41.3 Å². The summed E-state index contributed by atoms with van der Waals surface area (Å²) in [5, 5.41) is 9.84. The van der Waals surface area contributed by atoms with Crippen molar-refractivity contribution in [1.29, 1.82) is 0 Å². The van der Waals surface area contributed by atoms with Crippen LogP contribution in [0.4, 0.5) is 4.79 Å². The summed E-state index contributed by atoms with van der Waals surface area (Å²) < 4.78 is 1.99. The first kappa shape index (κ1) is 28.7. The van der Waals surface area contributed by atoms with E-state index in [9.17, 15) is 14.7 Å². The minimum absolute atomic E-state index is 0.0121. The smallest absolute Gasteiger partial charge is 0.407 e. The van der Waals surface area contributed by atoms with Gasteiger partial charge in [-0.25, -0.2) is 9.78 Å². The number of imidazole rings is 1. The van der Waals surface area contributed by atoms with Gasteiger partial charge in [0.2, 0.25) is 0 Å². The first-order valence-electron chi connectivity index (χ1n) is 15.3. The van der Waals surface area contributed by atoms with Gasteiger partial charge >= 0.3 is 6.09 Å². The molecule has 43 heavy (non-hydrogen) atoms. The van der Waals surface area contributed by atoms with Crippen LogP contribution in [-0.4, -0.2) is 79.6 Å². The molecule has 8 nitrogen and oxygen atoms in total. The number of carbonyl (C=O) groups excluding carboxylic acids is 1. The Hall–Kier alpha value is -4.43. The summed E-state index contributed by atoms with van der Waals surface area (Å²) in [6.07, 6.45) is 4.26. The largest absolute Gasteiger partial charge is 0.465 e. The Labute approximate surface area is 253 Å². The quantitative estimate of drug-likeness (QED) is 0.293. The molecular weight excluding hydrogens is 538 g/mol. The number of hydrogen-bond acceptors (Lipinski definition) is 4. The maximum absolute atomic E-state index is 14.5. The number of likely N-dealkylation sites (tertiary alicyclic amines) is 1. The lowest BCUT2D eigenvalue weighted by molar-refractivity contribution is 0.0434. The highest BCUT2D eigenvalue weighted by Gasteiger charge is 2.35. The molecule has 0 bridgehead atoms. The third kappa shape index (κ3) is 6.65. The predicted molar refractivity (Wildman–Crippen MR) is 167 cm³/mol. The monoisotopic (exact) mass is 577 g/mol. The van der Waals surface area contributed by atoms with Crippen LogP contribution in [-0.2, 0) is 19.5 Å². The molecule has 1 N–H and O–H groups in total. The van der Waals surface area contributed by atoms with Gasteiger partial charge in [-0.3, -0.25) is 9.69 Å². The first-order valence-corrected chi connectivity index (χ1v) is 15.3. The lowest BCUT2D eigenvalue weighted by atomic mass is 10.00. The van der Waals surface area contributed by atoms with Crippen molar-refractivity contribution in [2.24, 2.45) is 0 Å². The minimum atomic E-state index is -0.889. The summed E-state index contributed by atoms with van der Waals surface area (Å²) in [6.45, 7) is 4.01. The van der Waals surface area contributed by atoms with Crippen molar-refractivity contribution in [2.45, 2.75) is 50.9 Å². The van der Waals surface area contributed by atoms with Crippen molar-refractivity contribution >= 4 is 12.0 Å². The van der Waals surface area contributed by atoms with Crippen molar-refractivity contribution in [2.75, 3.05) is 26.2 Å². The Morgan fingerprint density at radius 3 is 2.14 bits per heavy atom. The van der Waals surface area contributed by atoms with E-state index in [4.69, 9.17) is 4.98 Å². The molecule has 0 radical (unpaired) electrons. The predicted octanol–water partition coefficient (Wildman–Crippen LogP) is 5.65. The molecule has 3 aromatic carbocycles. The molecule has 0 aliphatic carbocycles. The zero-order valence-corrected chi connectivity index (χ0v) is 24.5. The van der Waals surface area contributed by atoms with Crippen LogP contribution in [0.2, 0.25) is 0 Å². The highest BCUT2D eigenvalue weighted by atomic mass is 16.4. The summed E-state index contributed by atoms with van der Waals surface area (Å²) in [5.74, 6) is -0.0726. The van der Waals surface area contributed by atoms with E-state index in [1.807, 2.05) is 64.1 Å². The van der Waals surface area contributed by atoms with Crippen molar-refractivity contribution < 1.29 is 14.7 Å². The van der Waals surface area contributed by atoms with Gasteiger partial charge in [-0.2, -0.15) is 0 Å². The molecule has 2 atom stereocenters. The standard InChI is InChI=1S/C35H39N5O3/c41-34(39-21-20-37(23-28-14-6-2-7-15-28)24-31(39)22-27-12-4-1-5-13-27)32-33(29-16-8-3-9-17-29)38(26-36-32)25-30-18-10-11-19-40(30)35(42)43/h1-9,12-17,26,30-31H,10-11,18-25H2,(H,42,43)/t30?,31-/m1/s1. The number of hydrogen-bond donors (Lipinski definition) is 1. The highest BCUT2D eigenvalue weighted by Crippen LogP contribution is 2.29. The fourth-order valence-corrected chi connectivity index (χ4v) is 6.61. The third-order valence-electron chi connectivity index (χ3n) is 8.76. The Balaban J connectivity index is 1.30. The molecule has 1 aromatic heterocycles. The Morgan fingerprint density at radius 2 is 1.44 bits per heavy atom. The van der Waals surface area contributed by atoms with Gasteiger partial charge in [0.25, 0.3) is 5.91 Å². The number of amides is 2. The lowest BCUT2D eigenvalue weighted by Crippen LogP contribution is -2.55. The molecule has 1 unspecified atom stereocenters. The van der Waals surface area contributed by atoms with Crippen molar-refractivity contribution in [3.8, 4) is 11.3 Å². The molecule has 3 heterocycles. The molecule has 0 saturated carbocycles. The second-order valence-corrected chi connectivity index (χ2v) is 11.6. The topological polar surface area (TPSA) is 81.9 Å². The van der Waals surface area contributed by atoms with Gasteiger partial charge in [-0.1, -0.05) is 91.0 Å². The molecule has 6 rings (SSSR count). The van der Waals surface area contributed by atoms with Gasteiger partial charge in [-0.15, -0.1) is 0 Å². The van der Waals surface area contributed by atoms with E-state index >= 15 is 0 Å². The first-order chi connectivity index (χ1) is 21.1. The van der Waals surface area contributed by atoms with Crippen LogP contribution in [0.5, 0.6) is 0 Å². The number of carbonyl (C=O) groups is 2. The maximum atomic E-state index is 14.5. The molecule has 0 spiro atoms. The van der Waals surface area contributed by atoms with Crippen molar-refractivity contribution in [1.82, 2.24) is 24.3 Å². The fraction of sp³-hybridized carbons (Fsp3) is 0.343. The molecular formula is C35H39N5O3. The van der Waals surface area contributed by atoms with Crippen LogP contribution < -0.4 is 0 Å². The number of nitrogens with zero attached hydrogens (tertiary/aromatic N) is 5. The van der Waals surface area contributed by atoms with E-state index in [0.29, 0.717) is 25.3 Å². The number of piperidine rings is 1. The third-order valence-corrected chi connectivity index (χ3v) is 8.76. The summed E-state index contributed by atoms with van der Waals surface area (Å²) in [6, 6.07) is 30.6. The number of piperazine rings is 1. The molecule has 2 saturated heterocycles. The normalized spacial score (nSPS) is 19.3. The van der Waals surface area contributed by atoms with Gasteiger partial charge in [0, 0.05) is 50.9 Å². The molecule has 2 amide bonds. The summed E-state index contributed by atoms with van der Waals surface area (Å²) in [5.41, 5.74) is 4.56. The van der Waals surface area contributed by atoms with E-state index < -0.39 is 6.09 Å². The fourth-order valence-electron chi connectivity index (χ4n) is 6.61. The van der Waals surface area contributed by atoms with Crippen LogP contribution in [0.1, 0.15) is 40.9 Å². The number of carboxylic acid groups (broad SMARTS) is 1. The van der Waals surface area contributed by atoms with Crippen LogP contribution in [0.3, 0.4) is 0 Å². The van der Waals surface area contributed by atoms with Crippen LogP contribution in [0.15, 0.2) is 97.3 Å². The van der Waals surface area contributed by atoms with Crippen LogP contribution >= 0.6 is 0 Å². The van der Waals surface area contributed by atoms with Crippen LogP contribution in [0, 0.1) is 0 Å². The number of rotatable bonds is 8. The van der Waals surface area contributed by atoms with Crippen molar-refractivity contribution in [3.05, 3.63) is 114 Å². The van der Waals surface area contributed by atoms with Gasteiger partial charge in [-0.05, 0) is 36.8 Å². The number of aromatic nitrogens is 2. The lowest BCUT2D eigenvalue weighted by Gasteiger charge is -2.41. The second-order valence-electron chi connectivity index (χ2n) is 11.6. The molecule has 4 aromatic rings. The van der Waals surface area contributed by atoms with Gasteiger partial charge in [0.15, 0.2) is 5.69 Å². The SMILES string of the molecule is O=C(O)N1CCCCC1Cn1cnc(C(=O)N2CCN(Cc3ccccc3)C[C@H]2Cc2ccccc2)c1-c1ccccc1. The van der Waals surface area contributed by atoms with Gasteiger partial charge in [0.05, 0.1) is 18.1 Å². The zero-order chi connectivity index (χ0) is 29.6. The van der Waals surface area contributed by atoms with Gasteiger partial charge in [0.1, 0.15) is 0 Å². The average molecular weight is 578 g/mol. The summed E-state index contributed by atoms with van der Waals surface area (Å²) >= 11 is 0.